The third kappa shape index (κ3) is 3.78. The van der Waals surface area contributed by atoms with Gasteiger partial charge in [0, 0.05) is 12.1 Å². The van der Waals surface area contributed by atoms with E-state index in [1.807, 2.05) is 30.3 Å². The Bertz CT molecular complexity index is 1090. The van der Waals surface area contributed by atoms with Crippen LogP contribution < -0.4 is 5.32 Å². The molecular formula is C23H17FN2O3. The van der Waals surface area contributed by atoms with Crippen LogP contribution in [-0.2, 0) is 13.1 Å². The summed E-state index contributed by atoms with van der Waals surface area (Å²) in [5, 5.41) is 2.73. The zero-order valence-electron chi connectivity index (χ0n) is 15.4. The van der Waals surface area contributed by atoms with Crippen LogP contribution in [0.4, 0.5) is 4.39 Å². The number of nitrogens with one attached hydrogen (secondary N) is 1. The van der Waals surface area contributed by atoms with E-state index < -0.39 is 5.91 Å². The first kappa shape index (κ1) is 18.6. The number of nitrogens with zero attached hydrogens (tertiary/aromatic N) is 1. The Labute approximate surface area is 166 Å². The lowest BCUT2D eigenvalue weighted by Crippen LogP contribution is -2.29. The Balaban J connectivity index is 1.49. The van der Waals surface area contributed by atoms with E-state index in [-0.39, 0.29) is 41.8 Å². The van der Waals surface area contributed by atoms with Crippen LogP contribution in [0.15, 0.2) is 72.8 Å². The first-order chi connectivity index (χ1) is 14.0. The molecule has 0 aliphatic carbocycles. The van der Waals surface area contributed by atoms with E-state index >= 15 is 0 Å². The van der Waals surface area contributed by atoms with E-state index in [0.29, 0.717) is 5.56 Å². The van der Waals surface area contributed by atoms with Gasteiger partial charge in [-0.3, -0.25) is 19.3 Å². The lowest BCUT2D eigenvalue weighted by Gasteiger charge is -2.13. The molecule has 0 unspecified atom stereocenters. The van der Waals surface area contributed by atoms with Crippen molar-refractivity contribution in [2.75, 3.05) is 0 Å². The van der Waals surface area contributed by atoms with Crippen molar-refractivity contribution >= 4 is 17.7 Å². The standard InChI is InChI=1S/C23H17FN2O3/c24-18-9-6-15(7-10-18)13-25-21(27)17-8-11-19-20(12-17)23(29)26(22(19)28)14-16-4-2-1-3-5-16/h1-12H,13-14H2,(H,25,27). The molecule has 0 saturated heterocycles. The summed E-state index contributed by atoms with van der Waals surface area (Å²) >= 11 is 0. The third-order valence-corrected chi connectivity index (χ3v) is 4.78. The lowest BCUT2D eigenvalue weighted by atomic mass is 10.1. The van der Waals surface area contributed by atoms with Crippen LogP contribution in [0, 0.1) is 5.82 Å². The van der Waals surface area contributed by atoms with Crippen LogP contribution in [-0.4, -0.2) is 22.6 Å². The van der Waals surface area contributed by atoms with E-state index in [9.17, 15) is 18.8 Å². The Morgan fingerprint density at radius 2 is 1.52 bits per heavy atom. The van der Waals surface area contributed by atoms with Crippen LogP contribution in [0.3, 0.4) is 0 Å². The van der Waals surface area contributed by atoms with Gasteiger partial charge in [-0.15, -0.1) is 0 Å². The molecule has 1 heterocycles. The first-order valence-electron chi connectivity index (χ1n) is 9.10. The molecule has 4 rings (SSSR count). The molecule has 0 atom stereocenters. The van der Waals surface area contributed by atoms with Crippen LogP contribution in [0.25, 0.3) is 0 Å². The minimum atomic E-state index is -0.415. The van der Waals surface area contributed by atoms with Gasteiger partial charge in [-0.2, -0.15) is 0 Å². The number of fused-ring (bicyclic) bond motifs is 1. The Morgan fingerprint density at radius 1 is 0.828 bits per heavy atom. The second kappa shape index (κ2) is 7.67. The van der Waals surface area contributed by atoms with Gasteiger partial charge >= 0.3 is 0 Å². The SMILES string of the molecule is O=C(NCc1ccc(F)cc1)c1ccc2c(c1)C(=O)N(Cc1ccccc1)C2=O. The number of hydrogen-bond acceptors (Lipinski definition) is 3. The highest BCUT2D eigenvalue weighted by atomic mass is 19.1. The van der Waals surface area contributed by atoms with Crippen molar-refractivity contribution in [3.63, 3.8) is 0 Å². The number of rotatable bonds is 5. The molecule has 0 radical (unpaired) electrons. The van der Waals surface area contributed by atoms with E-state index in [4.69, 9.17) is 0 Å². The second-order valence-corrected chi connectivity index (χ2v) is 6.75. The highest BCUT2D eigenvalue weighted by molar-refractivity contribution is 6.22. The molecule has 0 fully saturated rings. The molecule has 1 aliphatic heterocycles. The average Bonchev–Trinajstić information content (AvgIpc) is 2.98. The maximum Gasteiger partial charge on any atom is 0.261 e. The molecule has 1 N–H and O–H groups in total. The van der Waals surface area contributed by atoms with Gasteiger partial charge in [-0.1, -0.05) is 42.5 Å². The molecule has 5 nitrogen and oxygen atoms in total. The highest BCUT2D eigenvalue weighted by Gasteiger charge is 2.35. The van der Waals surface area contributed by atoms with Gasteiger partial charge in [0.05, 0.1) is 17.7 Å². The number of carbonyl (C=O) groups excluding carboxylic acids is 3. The molecule has 0 aromatic heterocycles. The quantitative estimate of drug-likeness (QED) is 0.680. The molecular weight excluding hydrogens is 371 g/mol. The largest absolute Gasteiger partial charge is 0.348 e. The lowest BCUT2D eigenvalue weighted by molar-refractivity contribution is 0.0642. The van der Waals surface area contributed by atoms with Gasteiger partial charge in [0.25, 0.3) is 17.7 Å². The van der Waals surface area contributed by atoms with Gasteiger partial charge < -0.3 is 5.32 Å². The number of amides is 3. The van der Waals surface area contributed by atoms with Gasteiger partial charge in [-0.05, 0) is 41.5 Å². The summed E-state index contributed by atoms with van der Waals surface area (Å²) in [4.78, 5) is 39.0. The first-order valence-corrected chi connectivity index (χ1v) is 9.10. The third-order valence-electron chi connectivity index (χ3n) is 4.78. The number of carbonyl (C=O) groups is 3. The predicted molar refractivity (Wildman–Crippen MR) is 105 cm³/mol. The van der Waals surface area contributed by atoms with E-state index in [0.717, 1.165) is 11.1 Å². The molecule has 3 aromatic carbocycles. The minimum Gasteiger partial charge on any atom is -0.348 e. The normalized spacial score (nSPS) is 12.8. The zero-order chi connectivity index (χ0) is 20.4. The number of imide groups is 1. The van der Waals surface area contributed by atoms with Crippen molar-refractivity contribution in [1.29, 1.82) is 0 Å². The minimum absolute atomic E-state index is 0.180. The number of hydrogen-bond donors (Lipinski definition) is 1. The van der Waals surface area contributed by atoms with E-state index in [1.54, 1.807) is 12.1 Å². The fourth-order valence-electron chi connectivity index (χ4n) is 3.23. The van der Waals surface area contributed by atoms with Gasteiger partial charge in [0.1, 0.15) is 5.82 Å². The van der Waals surface area contributed by atoms with Gasteiger partial charge in [-0.25, -0.2) is 4.39 Å². The molecule has 6 heteroatoms. The Morgan fingerprint density at radius 3 is 2.24 bits per heavy atom. The van der Waals surface area contributed by atoms with Crippen LogP contribution >= 0.6 is 0 Å². The maximum absolute atomic E-state index is 13.0. The van der Waals surface area contributed by atoms with Crippen molar-refractivity contribution < 1.29 is 18.8 Å². The maximum atomic E-state index is 13.0. The molecule has 3 aromatic rings. The van der Waals surface area contributed by atoms with Crippen LogP contribution in [0.5, 0.6) is 0 Å². The summed E-state index contributed by atoms with van der Waals surface area (Å²) < 4.78 is 13.0. The molecule has 0 saturated carbocycles. The summed E-state index contributed by atoms with van der Waals surface area (Å²) in [6.45, 7) is 0.405. The van der Waals surface area contributed by atoms with Crippen molar-refractivity contribution in [2.45, 2.75) is 13.1 Å². The molecule has 0 bridgehead atoms. The molecule has 144 valence electrons. The van der Waals surface area contributed by atoms with Gasteiger partial charge in [0.15, 0.2) is 0 Å². The summed E-state index contributed by atoms with van der Waals surface area (Å²) in [5.74, 6) is -1.50. The summed E-state index contributed by atoms with van der Waals surface area (Å²) in [7, 11) is 0. The number of halogens is 1. The molecule has 29 heavy (non-hydrogen) atoms. The van der Waals surface area contributed by atoms with E-state index in [2.05, 4.69) is 5.32 Å². The van der Waals surface area contributed by atoms with Crippen LogP contribution in [0.1, 0.15) is 42.2 Å². The monoisotopic (exact) mass is 388 g/mol. The van der Waals surface area contributed by atoms with Gasteiger partial charge in [0.2, 0.25) is 0 Å². The topological polar surface area (TPSA) is 66.5 Å². The summed E-state index contributed by atoms with van der Waals surface area (Å²) in [6.07, 6.45) is 0. The van der Waals surface area contributed by atoms with Crippen molar-refractivity contribution in [1.82, 2.24) is 10.2 Å². The van der Waals surface area contributed by atoms with Crippen molar-refractivity contribution in [2.24, 2.45) is 0 Å². The Kier molecular flexibility index (Phi) is 4.91. The Hall–Kier alpha value is -3.80. The van der Waals surface area contributed by atoms with Crippen molar-refractivity contribution in [3.05, 3.63) is 106 Å². The smallest absolute Gasteiger partial charge is 0.261 e. The molecule has 0 spiro atoms. The van der Waals surface area contributed by atoms with Crippen LogP contribution in [0.2, 0.25) is 0 Å². The molecule has 3 amide bonds. The average molecular weight is 388 g/mol. The highest BCUT2D eigenvalue weighted by Crippen LogP contribution is 2.25. The molecule has 1 aliphatic rings. The van der Waals surface area contributed by atoms with E-state index in [1.165, 1.54) is 35.2 Å². The second-order valence-electron chi connectivity index (χ2n) is 6.75. The summed E-state index contributed by atoms with van der Waals surface area (Å²) in [5.41, 5.74) is 2.40. The predicted octanol–water partition coefficient (Wildman–Crippen LogP) is 3.55. The fraction of sp³-hybridized carbons (Fsp3) is 0.0870. The van der Waals surface area contributed by atoms with Crippen molar-refractivity contribution in [3.8, 4) is 0 Å². The zero-order valence-corrected chi connectivity index (χ0v) is 15.4. The number of benzene rings is 3. The summed E-state index contributed by atoms with van der Waals surface area (Å²) in [6, 6.07) is 19.5. The fourth-order valence-corrected chi connectivity index (χ4v) is 3.23.